The quantitative estimate of drug-likeness (QED) is 0.706. The molecule has 84 valence electrons. The second kappa shape index (κ2) is 5.38. The van der Waals surface area contributed by atoms with Gasteiger partial charge < -0.3 is 0 Å². The normalized spacial score (nSPS) is 11.8. The number of alkyl halides is 2. The van der Waals surface area contributed by atoms with Crippen molar-refractivity contribution in [2.24, 2.45) is 5.41 Å². The van der Waals surface area contributed by atoms with Crippen LogP contribution in [0.1, 0.15) is 12.5 Å². The first kappa shape index (κ1) is 13.1. The van der Waals surface area contributed by atoms with E-state index in [4.69, 9.17) is 34.8 Å². The number of hydrogen-bond donors (Lipinski definition) is 0. The highest BCUT2D eigenvalue weighted by atomic mass is 35.5. The molecule has 0 aromatic heterocycles. The Morgan fingerprint density at radius 3 is 2.33 bits per heavy atom. The van der Waals surface area contributed by atoms with E-state index in [0.717, 1.165) is 5.56 Å². The molecule has 0 amide bonds. The van der Waals surface area contributed by atoms with Crippen molar-refractivity contribution in [3.8, 4) is 0 Å². The van der Waals surface area contributed by atoms with E-state index in [0.29, 0.717) is 23.2 Å². The van der Waals surface area contributed by atoms with E-state index in [1.165, 1.54) is 12.1 Å². The van der Waals surface area contributed by atoms with Crippen molar-refractivity contribution in [2.75, 3.05) is 11.8 Å². The molecule has 15 heavy (non-hydrogen) atoms. The molecule has 1 aromatic carbocycles. The summed E-state index contributed by atoms with van der Waals surface area (Å²) < 4.78 is 12.8. The van der Waals surface area contributed by atoms with Crippen molar-refractivity contribution in [3.63, 3.8) is 0 Å². The van der Waals surface area contributed by atoms with Crippen LogP contribution in [0.2, 0.25) is 5.02 Å². The standard InChI is InChI=1S/C11H12Cl3F/c1-11(6-12,7-13)5-8-2-3-9(15)4-10(8)14/h2-4H,5-7H2,1H3. The summed E-state index contributed by atoms with van der Waals surface area (Å²) in [6, 6.07) is 4.37. The third-order valence-electron chi connectivity index (χ3n) is 2.28. The minimum atomic E-state index is -0.331. The van der Waals surface area contributed by atoms with E-state index < -0.39 is 0 Å². The molecule has 0 unspecified atom stereocenters. The number of hydrogen-bond acceptors (Lipinski definition) is 0. The van der Waals surface area contributed by atoms with Crippen molar-refractivity contribution in [3.05, 3.63) is 34.6 Å². The Kier molecular flexibility index (Phi) is 4.69. The summed E-state index contributed by atoms with van der Waals surface area (Å²) in [7, 11) is 0. The van der Waals surface area contributed by atoms with Gasteiger partial charge >= 0.3 is 0 Å². The lowest BCUT2D eigenvalue weighted by atomic mass is 9.87. The molecule has 0 heterocycles. The average molecular weight is 270 g/mol. The van der Waals surface area contributed by atoms with Crippen LogP contribution in [-0.4, -0.2) is 11.8 Å². The van der Waals surface area contributed by atoms with E-state index >= 15 is 0 Å². The Bertz CT molecular complexity index is 335. The summed E-state index contributed by atoms with van der Waals surface area (Å²) >= 11 is 17.6. The lowest BCUT2D eigenvalue weighted by Gasteiger charge is -2.24. The van der Waals surface area contributed by atoms with Crippen LogP contribution in [0.4, 0.5) is 4.39 Å². The zero-order valence-corrected chi connectivity index (χ0v) is 10.6. The molecule has 0 saturated heterocycles. The zero-order valence-electron chi connectivity index (χ0n) is 8.37. The summed E-state index contributed by atoms with van der Waals surface area (Å²) in [5.41, 5.74) is 0.673. The molecule has 0 spiro atoms. The minimum Gasteiger partial charge on any atom is -0.207 e. The molecule has 0 aliphatic rings. The zero-order chi connectivity index (χ0) is 11.5. The summed E-state index contributed by atoms with van der Waals surface area (Å²) in [6.07, 6.45) is 0.652. The monoisotopic (exact) mass is 268 g/mol. The van der Waals surface area contributed by atoms with Gasteiger partial charge in [0.2, 0.25) is 0 Å². The molecule has 4 heteroatoms. The third-order valence-corrected chi connectivity index (χ3v) is 3.92. The first-order valence-corrected chi connectivity index (χ1v) is 6.01. The number of rotatable bonds is 4. The van der Waals surface area contributed by atoms with E-state index in [1.807, 2.05) is 6.92 Å². The molecule has 0 nitrogen and oxygen atoms in total. The maximum Gasteiger partial charge on any atom is 0.124 e. The fraction of sp³-hybridized carbons (Fsp3) is 0.455. The van der Waals surface area contributed by atoms with Crippen LogP contribution in [0.5, 0.6) is 0 Å². The molecular weight excluding hydrogens is 257 g/mol. The smallest absolute Gasteiger partial charge is 0.124 e. The Morgan fingerprint density at radius 1 is 1.27 bits per heavy atom. The van der Waals surface area contributed by atoms with E-state index in [2.05, 4.69) is 0 Å². The highest BCUT2D eigenvalue weighted by Gasteiger charge is 2.23. The van der Waals surface area contributed by atoms with Crippen LogP contribution >= 0.6 is 34.8 Å². The summed E-state index contributed by atoms with van der Waals surface area (Å²) in [6.45, 7) is 1.98. The molecule has 1 rings (SSSR count). The molecule has 0 aliphatic carbocycles. The highest BCUT2D eigenvalue weighted by Crippen LogP contribution is 2.29. The Balaban J connectivity index is 2.89. The molecule has 0 aliphatic heterocycles. The van der Waals surface area contributed by atoms with Crippen LogP contribution in [0, 0.1) is 11.2 Å². The summed E-state index contributed by atoms with van der Waals surface area (Å²) in [5, 5.41) is 0.427. The third kappa shape index (κ3) is 3.51. The predicted molar refractivity (Wildman–Crippen MR) is 64.7 cm³/mol. The van der Waals surface area contributed by atoms with Gasteiger partial charge in [-0.05, 0) is 29.5 Å². The first-order chi connectivity index (χ1) is 7.00. The van der Waals surface area contributed by atoms with Gasteiger partial charge in [0.05, 0.1) is 0 Å². The van der Waals surface area contributed by atoms with Crippen LogP contribution in [0.3, 0.4) is 0 Å². The lowest BCUT2D eigenvalue weighted by molar-refractivity contribution is 0.425. The largest absolute Gasteiger partial charge is 0.207 e. The molecule has 1 aromatic rings. The Labute approximate surface area is 104 Å². The van der Waals surface area contributed by atoms with Gasteiger partial charge in [0.15, 0.2) is 0 Å². The van der Waals surface area contributed by atoms with E-state index in [-0.39, 0.29) is 11.2 Å². The Hall–Kier alpha value is 0.0200. The molecule has 0 bridgehead atoms. The maximum absolute atomic E-state index is 12.8. The van der Waals surface area contributed by atoms with Gasteiger partial charge in [-0.1, -0.05) is 24.6 Å². The second-order valence-corrected chi connectivity index (χ2v) is 4.93. The number of halogens is 4. The van der Waals surface area contributed by atoms with Crippen LogP contribution in [0.25, 0.3) is 0 Å². The molecule has 0 atom stereocenters. The molecule has 0 radical (unpaired) electrons. The van der Waals surface area contributed by atoms with E-state index in [1.54, 1.807) is 6.07 Å². The van der Waals surface area contributed by atoms with Crippen molar-refractivity contribution in [1.82, 2.24) is 0 Å². The van der Waals surface area contributed by atoms with Gasteiger partial charge in [0, 0.05) is 16.8 Å². The van der Waals surface area contributed by atoms with Gasteiger partial charge in [-0.25, -0.2) is 4.39 Å². The van der Waals surface area contributed by atoms with Crippen LogP contribution in [-0.2, 0) is 6.42 Å². The van der Waals surface area contributed by atoms with Crippen molar-refractivity contribution < 1.29 is 4.39 Å². The maximum atomic E-state index is 12.8. The molecular formula is C11H12Cl3F. The van der Waals surface area contributed by atoms with Gasteiger partial charge in [-0.15, -0.1) is 23.2 Å². The fourth-order valence-corrected chi connectivity index (χ4v) is 1.96. The highest BCUT2D eigenvalue weighted by molar-refractivity contribution is 6.31. The summed E-state index contributed by atoms with van der Waals surface area (Å²) in [5.74, 6) is 0.566. The minimum absolute atomic E-state index is 0.204. The molecule has 0 saturated carbocycles. The fourth-order valence-electron chi connectivity index (χ4n) is 1.26. The molecule has 0 N–H and O–H groups in total. The van der Waals surface area contributed by atoms with Crippen LogP contribution in [0.15, 0.2) is 18.2 Å². The SMILES string of the molecule is CC(CCl)(CCl)Cc1ccc(F)cc1Cl. The number of benzene rings is 1. The van der Waals surface area contributed by atoms with Gasteiger partial charge in [-0.3, -0.25) is 0 Å². The van der Waals surface area contributed by atoms with Gasteiger partial charge in [0.25, 0.3) is 0 Å². The predicted octanol–water partition coefficient (Wildman–Crippen LogP) is 4.51. The van der Waals surface area contributed by atoms with Crippen molar-refractivity contribution in [1.29, 1.82) is 0 Å². The van der Waals surface area contributed by atoms with Crippen LogP contribution < -0.4 is 0 Å². The average Bonchev–Trinajstić information content (AvgIpc) is 2.22. The second-order valence-electron chi connectivity index (χ2n) is 3.99. The van der Waals surface area contributed by atoms with Gasteiger partial charge in [0.1, 0.15) is 5.82 Å². The first-order valence-electron chi connectivity index (χ1n) is 4.56. The topological polar surface area (TPSA) is 0 Å². The van der Waals surface area contributed by atoms with E-state index in [9.17, 15) is 4.39 Å². The van der Waals surface area contributed by atoms with Crippen molar-refractivity contribution >= 4 is 34.8 Å². The lowest BCUT2D eigenvalue weighted by Crippen LogP contribution is -2.23. The summed E-state index contributed by atoms with van der Waals surface area (Å²) in [4.78, 5) is 0. The Morgan fingerprint density at radius 2 is 1.87 bits per heavy atom. The van der Waals surface area contributed by atoms with Crippen molar-refractivity contribution in [2.45, 2.75) is 13.3 Å². The van der Waals surface area contributed by atoms with Gasteiger partial charge in [-0.2, -0.15) is 0 Å². The molecule has 0 fully saturated rings.